The van der Waals surface area contributed by atoms with Gasteiger partial charge in [0.15, 0.2) is 0 Å². The zero-order valence-corrected chi connectivity index (χ0v) is 50.5. The number of anilines is 6. The molecule has 0 saturated carbocycles. The van der Waals surface area contributed by atoms with Crippen LogP contribution in [-0.4, -0.2) is 4.40 Å². The quantitative estimate of drug-likeness (QED) is 0.136. The molecule has 4 heteroatoms. The van der Waals surface area contributed by atoms with Crippen LogP contribution in [0.5, 0.6) is 0 Å². The minimum absolute atomic E-state index is 0.143. The zero-order valence-electron chi connectivity index (χ0n) is 50.5. The van der Waals surface area contributed by atoms with Gasteiger partial charge in [0, 0.05) is 77.4 Å². The summed E-state index contributed by atoms with van der Waals surface area (Å²) in [7, 11) is 0. The third-order valence-corrected chi connectivity index (χ3v) is 18.8. The minimum atomic E-state index is -0.143. The van der Waals surface area contributed by atoms with Gasteiger partial charge in [0.2, 0.25) is 0 Å². The van der Waals surface area contributed by atoms with Crippen molar-refractivity contribution in [2.24, 2.45) is 0 Å². The number of aromatic nitrogens is 1. The van der Waals surface area contributed by atoms with Gasteiger partial charge >= 0.3 is 0 Å². The Hall–Kier alpha value is -11.7. The van der Waals surface area contributed by atoms with Crippen LogP contribution in [0.4, 0.5) is 34.1 Å². The summed E-state index contributed by atoms with van der Waals surface area (Å²) in [5.74, 6) is 0. The van der Waals surface area contributed by atoms with E-state index in [1.165, 1.54) is 110 Å². The van der Waals surface area contributed by atoms with Gasteiger partial charge in [-0.2, -0.15) is 0 Å². The van der Waals surface area contributed by atoms with Gasteiger partial charge in [-0.1, -0.05) is 244 Å². The van der Waals surface area contributed by atoms with Gasteiger partial charge in [0.05, 0.1) is 16.6 Å². The molecule has 0 aliphatic heterocycles. The molecular formula is C87H61N3O. The summed E-state index contributed by atoms with van der Waals surface area (Å²) in [5.41, 5.74) is 27.0. The molecule has 0 fully saturated rings. The van der Waals surface area contributed by atoms with Gasteiger partial charge in [0.1, 0.15) is 11.2 Å². The summed E-state index contributed by atoms with van der Waals surface area (Å²) in [6, 6.07) is 120. The highest BCUT2D eigenvalue weighted by molar-refractivity contribution is 6.24. The standard InChI is InChI=1S/C45H33NO.C42H28N2/c1-45(2)40-27-25-36(29-39(40)43-41(45)28-26-38-37-15-9-10-16-42(37)47-44(38)43)46(34-21-17-32(18-22-34)30-11-5-3-6-12-30)35-23-19-33(20-24-35)31-13-7-4-8-14-31;1-3-12-29(13-4-1)30-22-24-34(25-23-30)43(33-15-5-2-6-16-33)35-17-11-14-31(26-35)32-27-38-36-18-7-9-20-40(36)44-41-21-10-8-19-37(41)39(28-32)42(38)44/h3-29H,1-2H3;1-28H. The van der Waals surface area contributed by atoms with Gasteiger partial charge in [-0.15, -0.1) is 0 Å². The van der Waals surface area contributed by atoms with Gasteiger partial charge < -0.3 is 18.6 Å². The molecule has 18 rings (SSSR count). The summed E-state index contributed by atoms with van der Waals surface area (Å²) in [4.78, 5) is 4.71. The second kappa shape index (κ2) is 21.8. The number of nitrogens with zero attached hydrogens (tertiary/aromatic N) is 3. The smallest absolute Gasteiger partial charge is 0.143 e. The summed E-state index contributed by atoms with van der Waals surface area (Å²) >= 11 is 0. The Morgan fingerprint density at radius 2 is 0.670 bits per heavy atom. The van der Waals surface area contributed by atoms with E-state index in [2.05, 4.69) is 356 Å². The monoisotopic (exact) mass is 1160 g/mol. The molecule has 0 spiro atoms. The molecule has 0 unspecified atom stereocenters. The minimum Gasteiger partial charge on any atom is -0.455 e. The third kappa shape index (κ3) is 9.14. The summed E-state index contributed by atoms with van der Waals surface area (Å²) in [6.07, 6.45) is 0. The Morgan fingerprint density at radius 3 is 1.20 bits per heavy atom. The van der Waals surface area contributed by atoms with E-state index >= 15 is 0 Å². The van der Waals surface area contributed by atoms with E-state index in [1.54, 1.807) is 0 Å². The maximum atomic E-state index is 6.61. The predicted molar refractivity (Wildman–Crippen MR) is 383 cm³/mol. The molecule has 430 valence electrons. The summed E-state index contributed by atoms with van der Waals surface area (Å²) in [6.45, 7) is 4.66. The molecule has 1 aliphatic rings. The molecule has 3 aromatic heterocycles. The molecule has 0 N–H and O–H groups in total. The van der Waals surface area contributed by atoms with Crippen LogP contribution >= 0.6 is 0 Å². The van der Waals surface area contributed by atoms with Crippen LogP contribution < -0.4 is 9.80 Å². The fourth-order valence-electron chi connectivity index (χ4n) is 14.4. The zero-order chi connectivity index (χ0) is 60.6. The molecule has 0 amide bonds. The van der Waals surface area contributed by atoms with E-state index in [-0.39, 0.29) is 5.41 Å². The second-order valence-electron chi connectivity index (χ2n) is 24.4. The van der Waals surface area contributed by atoms with Gasteiger partial charge in [-0.05, 0) is 164 Å². The first-order chi connectivity index (χ1) is 44.9. The van der Waals surface area contributed by atoms with Crippen molar-refractivity contribution in [2.45, 2.75) is 19.3 Å². The fraction of sp³-hybridized carbons (Fsp3) is 0.0345. The molecule has 0 atom stereocenters. The van der Waals surface area contributed by atoms with Crippen LogP contribution in [-0.2, 0) is 5.41 Å². The van der Waals surface area contributed by atoms with Crippen molar-refractivity contribution in [3.8, 4) is 55.6 Å². The Bertz CT molecular complexity index is 5350. The van der Waals surface area contributed by atoms with Crippen LogP contribution in [0.1, 0.15) is 25.0 Å². The lowest BCUT2D eigenvalue weighted by Crippen LogP contribution is -2.15. The molecule has 1 aliphatic carbocycles. The van der Waals surface area contributed by atoms with E-state index < -0.39 is 0 Å². The molecule has 4 nitrogen and oxygen atoms in total. The van der Waals surface area contributed by atoms with Crippen molar-refractivity contribution in [3.05, 3.63) is 345 Å². The second-order valence-corrected chi connectivity index (χ2v) is 24.4. The first-order valence-electron chi connectivity index (χ1n) is 31.4. The van der Waals surface area contributed by atoms with Crippen LogP contribution in [0.3, 0.4) is 0 Å². The van der Waals surface area contributed by atoms with Crippen LogP contribution in [0.2, 0.25) is 0 Å². The molecule has 0 saturated heterocycles. The normalized spacial score (nSPS) is 12.4. The lowest BCUT2D eigenvalue weighted by Gasteiger charge is -2.27. The highest BCUT2D eigenvalue weighted by atomic mass is 16.3. The first kappa shape index (κ1) is 53.5. The maximum Gasteiger partial charge on any atom is 0.143 e. The van der Waals surface area contributed by atoms with E-state index in [0.29, 0.717) is 0 Å². The highest BCUT2D eigenvalue weighted by Crippen LogP contribution is 2.54. The first-order valence-corrected chi connectivity index (χ1v) is 31.4. The van der Waals surface area contributed by atoms with Gasteiger partial charge in [-0.3, -0.25) is 0 Å². The van der Waals surface area contributed by atoms with Gasteiger partial charge in [0.25, 0.3) is 0 Å². The van der Waals surface area contributed by atoms with Crippen LogP contribution in [0, 0.1) is 0 Å². The summed E-state index contributed by atoms with van der Waals surface area (Å²) < 4.78 is 9.05. The van der Waals surface area contributed by atoms with E-state index in [1.807, 2.05) is 6.07 Å². The summed E-state index contributed by atoms with van der Waals surface area (Å²) in [5, 5.41) is 7.50. The molecule has 0 radical (unpaired) electrons. The number of hydrogen-bond donors (Lipinski definition) is 0. The Labute approximate surface area is 529 Å². The molecule has 3 heterocycles. The van der Waals surface area contributed by atoms with Crippen molar-refractivity contribution < 1.29 is 4.42 Å². The lowest BCUT2D eigenvalue weighted by atomic mass is 9.82. The van der Waals surface area contributed by atoms with Crippen molar-refractivity contribution in [1.82, 2.24) is 4.40 Å². The number of fused-ring (bicyclic) bond motifs is 13. The third-order valence-electron chi connectivity index (χ3n) is 18.8. The fourth-order valence-corrected chi connectivity index (χ4v) is 14.4. The SMILES string of the molecule is CC1(C)c2ccc(N(c3ccc(-c4ccccc4)cc3)c3ccc(-c4ccccc4)cc3)cc2-c2c1ccc1c2oc2ccccc21.c1ccc(-c2ccc(N(c3ccccc3)c3cccc(-c4cc5c6ccccc6n6c7ccccc7c(c4)c56)c3)cc2)cc1. The average Bonchev–Trinajstić information content (AvgIpc) is 1.56. The average molecular weight is 1160 g/mol. The Balaban J connectivity index is 0.000000140. The molecule has 91 heavy (non-hydrogen) atoms. The number of rotatable bonds is 10. The van der Waals surface area contributed by atoms with Gasteiger partial charge in [-0.25, -0.2) is 0 Å². The molecular weight excluding hydrogens is 1100 g/mol. The number of furan rings is 1. The van der Waals surface area contributed by atoms with Crippen molar-refractivity contribution in [1.29, 1.82) is 0 Å². The number of para-hydroxylation sites is 4. The Kier molecular flexibility index (Phi) is 12.8. The molecule has 0 bridgehead atoms. The van der Waals surface area contributed by atoms with Crippen molar-refractivity contribution >= 4 is 94.2 Å². The number of hydrogen-bond acceptors (Lipinski definition) is 3. The van der Waals surface area contributed by atoms with Crippen LogP contribution in [0.15, 0.2) is 338 Å². The van der Waals surface area contributed by atoms with E-state index in [0.717, 1.165) is 50.7 Å². The molecule has 14 aromatic carbocycles. The van der Waals surface area contributed by atoms with Crippen molar-refractivity contribution in [3.63, 3.8) is 0 Å². The maximum absolute atomic E-state index is 6.61. The van der Waals surface area contributed by atoms with E-state index in [4.69, 9.17) is 4.42 Å². The van der Waals surface area contributed by atoms with E-state index in [9.17, 15) is 0 Å². The number of benzene rings is 14. The molecule has 17 aromatic rings. The largest absolute Gasteiger partial charge is 0.455 e. The topological polar surface area (TPSA) is 24.0 Å². The lowest BCUT2D eigenvalue weighted by molar-refractivity contribution is 0.653. The highest BCUT2D eigenvalue weighted by Gasteiger charge is 2.38. The Morgan fingerprint density at radius 1 is 0.275 bits per heavy atom. The predicted octanol–water partition coefficient (Wildman–Crippen LogP) is 24.3. The van der Waals surface area contributed by atoms with Crippen molar-refractivity contribution in [2.75, 3.05) is 9.80 Å². The van der Waals surface area contributed by atoms with Crippen LogP contribution in [0.25, 0.3) is 116 Å².